The minimum Gasteiger partial charge on any atom is -0.380 e. The number of nitrogens with zero attached hydrogens (tertiary/aromatic N) is 1. The number of fused-ring (bicyclic) bond motifs is 1. The third-order valence-electron chi connectivity index (χ3n) is 5.18. The van der Waals surface area contributed by atoms with E-state index >= 15 is 0 Å². The van der Waals surface area contributed by atoms with Crippen molar-refractivity contribution in [2.24, 2.45) is 5.41 Å². The zero-order valence-corrected chi connectivity index (χ0v) is 25.5. The molecule has 2 heterocycles. The summed E-state index contributed by atoms with van der Waals surface area (Å²) in [7, 11) is 0. The van der Waals surface area contributed by atoms with Crippen LogP contribution in [0.3, 0.4) is 0 Å². The molecule has 3 rings (SSSR count). The molecule has 2 N–H and O–H groups in total. The van der Waals surface area contributed by atoms with Gasteiger partial charge in [-0.2, -0.15) is 0 Å². The molecule has 3 nitrogen and oxygen atoms in total. The van der Waals surface area contributed by atoms with Gasteiger partial charge < -0.3 is 10.6 Å². The van der Waals surface area contributed by atoms with E-state index in [1.165, 1.54) is 47.2 Å². The van der Waals surface area contributed by atoms with Crippen molar-refractivity contribution >= 4 is 5.69 Å². The van der Waals surface area contributed by atoms with E-state index in [2.05, 4.69) is 88.3 Å². The molecule has 202 valence electrons. The quantitative estimate of drug-likeness (QED) is 0.453. The van der Waals surface area contributed by atoms with Crippen LogP contribution in [0.1, 0.15) is 116 Å². The number of hydrogen-bond acceptors (Lipinski definition) is 3. The topological polar surface area (TPSA) is 37.0 Å². The normalized spacial score (nSPS) is 11.9. The summed E-state index contributed by atoms with van der Waals surface area (Å²) in [5.74, 6) is 0. The van der Waals surface area contributed by atoms with E-state index < -0.39 is 0 Å². The van der Waals surface area contributed by atoms with Crippen LogP contribution in [0.25, 0.3) is 0 Å². The summed E-state index contributed by atoms with van der Waals surface area (Å²) >= 11 is 0. The summed E-state index contributed by atoms with van der Waals surface area (Å²) in [6, 6.07) is 8.74. The molecule has 0 spiro atoms. The Morgan fingerprint density at radius 2 is 1.49 bits per heavy atom. The molecule has 1 aliphatic rings. The molecule has 0 radical (unpaired) electrons. The molecule has 0 fully saturated rings. The number of rotatable bonds is 4. The average Bonchev–Trinajstić information content (AvgIpc) is 3.08. The van der Waals surface area contributed by atoms with Gasteiger partial charge in [0.2, 0.25) is 0 Å². The fourth-order valence-corrected chi connectivity index (χ4v) is 3.68. The van der Waals surface area contributed by atoms with E-state index in [4.69, 9.17) is 0 Å². The molecule has 1 aromatic heterocycles. The third-order valence-corrected chi connectivity index (χ3v) is 5.18. The van der Waals surface area contributed by atoms with E-state index in [-0.39, 0.29) is 0 Å². The second-order valence-electron chi connectivity index (χ2n) is 9.82. The van der Waals surface area contributed by atoms with Gasteiger partial charge >= 0.3 is 0 Å². The van der Waals surface area contributed by atoms with Gasteiger partial charge in [0.05, 0.1) is 0 Å². The first-order valence-corrected chi connectivity index (χ1v) is 14.2. The average molecular weight is 486 g/mol. The van der Waals surface area contributed by atoms with E-state index in [0.717, 1.165) is 38.2 Å². The fraction of sp³-hybridized carbons (Fsp3) is 0.656. The number of aryl methyl sites for hydroxylation is 2. The molecule has 0 saturated heterocycles. The Labute approximate surface area is 219 Å². The Morgan fingerprint density at radius 1 is 0.886 bits per heavy atom. The van der Waals surface area contributed by atoms with Crippen molar-refractivity contribution in [2.45, 2.75) is 122 Å². The number of benzene rings is 1. The molecular weight excluding hydrogens is 426 g/mol. The second kappa shape index (κ2) is 21.4. The smallest absolute Gasteiger partial charge is 0.0416 e. The third kappa shape index (κ3) is 16.4. The first-order valence-electron chi connectivity index (χ1n) is 14.2. The van der Waals surface area contributed by atoms with E-state index in [1.54, 1.807) is 0 Å². The van der Waals surface area contributed by atoms with E-state index in [9.17, 15) is 0 Å². The van der Waals surface area contributed by atoms with Crippen molar-refractivity contribution in [1.82, 2.24) is 10.3 Å². The van der Waals surface area contributed by atoms with Gasteiger partial charge in [0.25, 0.3) is 0 Å². The zero-order valence-electron chi connectivity index (χ0n) is 25.5. The summed E-state index contributed by atoms with van der Waals surface area (Å²) < 4.78 is 0. The van der Waals surface area contributed by atoms with Crippen LogP contribution in [0.2, 0.25) is 0 Å². The van der Waals surface area contributed by atoms with Crippen molar-refractivity contribution in [3.63, 3.8) is 0 Å². The molecule has 0 amide bonds. The summed E-state index contributed by atoms with van der Waals surface area (Å²) in [4.78, 5) is 4.37. The van der Waals surface area contributed by atoms with Gasteiger partial charge in [-0.25, -0.2) is 0 Å². The highest BCUT2D eigenvalue weighted by molar-refractivity contribution is 5.61. The second-order valence-corrected chi connectivity index (χ2v) is 9.82. The van der Waals surface area contributed by atoms with Crippen LogP contribution in [0.15, 0.2) is 30.5 Å². The molecule has 0 aliphatic carbocycles. The molecule has 2 aromatic rings. The van der Waals surface area contributed by atoms with Gasteiger partial charge in [-0.3, -0.25) is 4.98 Å². The summed E-state index contributed by atoms with van der Waals surface area (Å²) in [6.07, 6.45) is 8.08. The Morgan fingerprint density at radius 3 is 1.97 bits per heavy atom. The number of nitrogens with one attached hydrogen (secondary N) is 2. The standard InChI is InChI=1S/C18H23N3.C7H16.C3H8.2C2H6/c1-13-3-6-16-7-9-19-10-8-17(16)18(13)21-12-15-5-4-14(2)20-11-15;1-5-6-7(2,3)4;1-3-2;2*1-2/h3-6,11,19,21H,7-10,12H2,1-2H3;5-6H2,1-4H3;3H2,1-2H3;2*1-2H3. The van der Waals surface area contributed by atoms with Gasteiger partial charge in [0, 0.05) is 24.1 Å². The first-order chi connectivity index (χ1) is 16.7. The van der Waals surface area contributed by atoms with Crippen molar-refractivity contribution in [1.29, 1.82) is 0 Å². The van der Waals surface area contributed by atoms with Crippen LogP contribution >= 0.6 is 0 Å². The van der Waals surface area contributed by atoms with E-state index in [1.807, 2.05) is 40.8 Å². The number of hydrogen-bond donors (Lipinski definition) is 2. The minimum absolute atomic E-state index is 0.550. The molecule has 0 atom stereocenters. The number of aromatic nitrogens is 1. The van der Waals surface area contributed by atoms with Crippen LogP contribution < -0.4 is 10.6 Å². The van der Waals surface area contributed by atoms with Crippen molar-refractivity contribution in [3.05, 3.63) is 58.4 Å². The molecule has 35 heavy (non-hydrogen) atoms. The molecule has 3 heteroatoms. The SMILES string of the molecule is CC.CC.CCC.CCCC(C)(C)C.Cc1ccc(CNc2c(C)ccc3c2CCNCC3)cn1. The maximum Gasteiger partial charge on any atom is 0.0416 e. The predicted molar refractivity (Wildman–Crippen MR) is 161 cm³/mol. The maximum atomic E-state index is 4.37. The number of pyridine rings is 1. The lowest BCUT2D eigenvalue weighted by Gasteiger charge is -2.17. The van der Waals surface area contributed by atoms with Crippen LogP contribution in [0.5, 0.6) is 0 Å². The highest BCUT2D eigenvalue weighted by atomic mass is 14.9. The lowest BCUT2D eigenvalue weighted by molar-refractivity contribution is 0.373. The lowest BCUT2D eigenvalue weighted by atomic mass is 9.91. The molecule has 0 unspecified atom stereocenters. The largest absolute Gasteiger partial charge is 0.380 e. The van der Waals surface area contributed by atoms with Crippen LogP contribution in [0, 0.1) is 19.3 Å². The number of anilines is 1. The Kier molecular flexibility index (Phi) is 21.6. The minimum atomic E-state index is 0.550. The van der Waals surface area contributed by atoms with Gasteiger partial charge in [-0.1, -0.05) is 100 Å². The zero-order chi connectivity index (χ0) is 27.3. The molecule has 0 bridgehead atoms. The summed E-state index contributed by atoms with van der Waals surface area (Å²) in [5.41, 5.74) is 8.45. The van der Waals surface area contributed by atoms with Gasteiger partial charge in [-0.15, -0.1) is 0 Å². The molecule has 1 aromatic carbocycles. The summed E-state index contributed by atoms with van der Waals surface area (Å²) in [5, 5.41) is 7.12. The monoisotopic (exact) mass is 485 g/mol. The lowest BCUT2D eigenvalue weighted by Crippen LogP contribution is -2.16. The van der Waals surface area contributed by atoms with Gasteiger partial charge in [0.15, 0.2) is 0 Å². The van der Waals surface area contributed by atoms with Crippen molar-refractivity contribution in [3.8, 4) is 0 Å². The van der Waals surface area contributed by atoms with Gasteiger partial charge in [-0.05, 0) is 79.9 Å². The summed E-state index contributed by atoms with van der Waals surface area (Å²) in [6.45, 7) is 28.5. The maximum absolute atomic E-state index is 4.37. The Bertz CT molecular complexity index is 743. The first kappa shape index (κ1) is 35.3. The molecule has 0 saturated carbocycles. The van der Waals surface area contributed by atoms with Crippen LogP contribution in [0.4, 0.5) is 5.69 Å². The highest BCUT2D eigenvalue weighted by Crippen LogP contribution is 2.27. The predicted octanol–water partition coefficient (Wildman–Crippen LogP) is 9.30. The Balaban J connectivity index is 0. The Hall–Kier alpha value is -1.87. The van der Waals surface area contributed by atoms with Crippen LogP contribution in [-0.2, 0) is 19.4 Å². The molecular formula is C32H59N3. The fourth-order valence-electron chi connectivity index (χ4n) is 3.68. The van der Waals surface area contributed by atoms with E-state index in [0.29, 0.717) is 5.41 Å². The highest BCUT2D eigenvalue weighted by Gasteiger charge is 2.13. The van der Waals surface area contributed by atoms with Gasteiger partial charge in [0.1, 0.15) is 0 Å². The van der Waals surface area contributed by atoms with Crippen molar-refractivity contribution < 1.29 is 0 Å². The van der Waals surface area contributed by atoms with Crippen molar-refractivity contribution in [2.75, 3.05) is 18.4 Å². The van der Waals surface area contributed by atoms with Crippen LogP contribution in [-0.4, -0.2) is 18.1 Å². The molecule has 1 aliphatic heterocycles.